The highest BCUT2D eigenvalue weighted by atomic mass is 16.7. The predicted octanol–water partition coefficient (Wildman–Crippen LogP) is 0.141. The van der Waals surface area contributed by atoms with E-state index in [0.717, 1.165) is 44.9 Å². The van der Waals surface area contributed by atoms with Gasteiger partial charge in [-0.15, -0.1) is 0 Å². The maximum absolute atomic E-state index is 14.7. The molecule has 0 aromatic heterocycles. The average Bonchev–Trinajstić information content (AvgIpc) is 3.26. The van der Waals surface area contributed by atoms with Gasteiger partial charge in [-0.2, -0.15) is 0 Å². The van der Waals surface area contributed by atoms with Gasteiger partial charge in [-0.05, 0) is 109 Å². The molecule has 66 heavy (non-hydrogen) atoms. The van der Waals surface area contributed by atoms with Crippen LogP contribution in [0.4, 0.5) is 0 Å². The number of ether oxygens (including phenoxy) is 6. The highest BCUT2D eigenvalue weighted by Crippen LogP contribution is 2.76. The van der Waals surface area contributed by atoms with E-state index in [2.05, 4.69) is 54.5 Å². The molecule has 0 aromatic carbocycles. The van der Waals surface area contributed by atoms with Crippen molar-refractivity contribution in [2.45, 2.75) is 211 Å². The lowest BCUT2D eigenvalue weighted by Gasteiger charge is -2.71. The number of carbonyl (C=O) groups excluding carboxylic acids is 1. The molecule has 0 radical (unpaired) electrons. The van der Waals surface area contributed by atoms with Gasteiger partial charge in [0.15, 0.2) is 12.6 Å². The topological polar surface area (TPSA) is 295 Å². The van der Waals surface area contributed by atoms with Gasteiger partial charge in [0.1, 0.15) is 73.2 Å². The van der Waals surface area contributed by atoms with Crippen LogP contribution in [0.2, 0.25) is 0 Å². The number of carbonyl (C=O) groups is 1. The molecule has 23 atom stereocenters. The number of rotatable bonds is 9. The van der Waals surface area contributed by atoms with Gasteiger partial charge in [-0.3, -0.25) is 4.79 Å². The van der Waals surface area contributed by atoms with Gasteiger partial charge in [0.25, 0.3) is 0 Å². The zero-order chi connectivity index (χ0) is 48.3. The molecule has 0 unspecified atom stereocenters. The summed E-state index contributed by atoms with van der Waals surface area (Å²) in [5, 5.41) is 116. The molecule has 8 rings (SSSR count). The molecule has 0 amide bonds. The Hall–Kier alpha value is -1.43. The fraction of sp³-hybridized carbons (Fsp3) is 0.938. The molecule has 3 aliphatic heterocycles. The second-order valence-corrected chi connectivity index (χ2v) is 23.5. The summed E-state index contributed by atoms with van der Waals surface area (Å²) in [4.78, 5) is 14.7. The van der Waals surface area contributed by atoms with Crippen molar-refractivity contribution in [2.24, 2.45) is 50.2 Å². The summed E-state index contributed by atoms with van der Waals surface area (Å²) in [6.45, 7) is 14.1. The summed E-state index contributed by atoms with van der Waals surface area (Å²) in [6, 6.07) is 0. The Labute approximate surface area is 387 Å². The molecule has 18 heteroatoms. The van der Waals surface area contributed by atoms with Gasteiger partial charge in [0.2, 0.25) is 6.29 Å². The first-order valence-corrected chi connectivity index (χ1v) is 24.3. The summed E-state index contributed by atoms with van der Waals surface area (Å²) in [5.74, 6) is -0.189. The molecular formula is C48H78O18. The summed E-state index contributed by atoms with van der Waals surface area (Å²) in [6.07, 6.45) is -13.7. The number of hydrogen-bond donors (Lipinski definition) is 11. The molecule has 18 nitrogen and oxygen atoms in total. The zero-order valence-corrected chi connectivity index (χ0v) is 39.5. The molecule has 8 aliphatic rings. The number of allylic oxidation sites excluding steroid dienone is 2. The van der Waals surface area contributed by atoms with Crippen LogP contribution in [0.25, 0.3) is 0 Å². The van der Waals surface area contributed by atoms with Crippen molar-refractivity contribution in [1.29, 1.82) is 0 Å². The Kier molecular flexibility index (Phi) is 13.9. The van der Waals surface area contributed by atoms with E-state index >= 15 is 0 Å². The van der Waals surface area contributed by atoms with Crippen molar-refractivity contribution in [2.75, 3.05) is 19.8 Å². The van der Waals surface area contributed by atoms with Gasteiger partial charge in [-0.25, -0.2) is 0 Å². The Balaban J connectivity index is 1.02. The molecule has 0 aromatic rings. The Morgan fingerprint density at radius 1 is 0.606 bits per heavy atom. The molecule has 3 heterocycles. The second kappa shape index (κ2) is 18.0. The highest BCUT2D eigenvalue weighted by Gasteiger charge is 2.70. The number of aliphatic hydroxyl groups excluding tert-OH is 11. The van der Waals surface area contributed by atoms with Gasteiger partial charge in [0.05, 0.1) is 31.3 Å². The lowest BCUT2D eigenvalue weighted by atomic mass is 9.33. The van der Waals surface area contributed by atoms with Crippen LogP contribution in [0.15, 0.2) is 11.6 Å². The molecule has 4 saturated carbocycles. The average molecular weight is 943 g/mol. The van der Waals surface area contributed by atoms with Crippen LogP contribution in [0.3, 0.4) is 0 Å². The fourth-order valence-electron chi connectivity index (χ4n) is 15.0. The maximum Gasteiger partial charge on any atom is 0.315 e. The zero-order valence-electron chi connectivity index (χ0n) is 39.5. The van der Waals surface area contributed by atoms with Crippen LogP contribution in [0.1, 0.15) is 113 Å². The number of hydrogen-bond acceptors (Lipinski definition) is 18. The monoisotopic (exact) mass is 943 g/mol. The van der Waals surface area contributed by atoms with Crippen molar-refractivity contribution < 1.29 is 89.4 Å². The van der Waals surface area contributed by atoms with E-state index in [1.54, 1.807) is 0 Å². The molecule has 7 fully saturated rings. The van der Waals surface area contributed by atoms with Crippen LogP contribution in [0.5, 0.6) is 0 Å². The van der Waals surface area contributed by atoms with Crippen molar-refractivity contribution >= 4 is 5.97 Å². The van der Waals surface area contributed by atoms with E-state index in [0.29, 0.717) is 19.3 Å². The molecule has 3 saturated heterocycles. The van der Waals surface area contributed by atoms with Crippen molar-refractivity contribution in [3.63, 3.8) is 0 Å². The Morgan fingerprint density at radius 3 is 1.76 bits per heavy atom. The molecule has 0 bridgehead atoms. The summed E-state index contributed by atoms with van der Waals surface area (Å²) in [7, 11) is 0. The highest BCUT2D eigenvalue weighted by molar-refractivity contribution is 5.79. The third-order valence-electron chi connectivity index (χ3n) is 19.3. The van der Waals surface area contributed by atoms with E-state index in [1.165, 1.54) is 5.57 Å². The Bertz CT molecular complexity index is 1790. The molecule has 0 spiro atoms. The number of fused-ring (bicyclic) bond motifs is 7. The first kappa shape index (κ1) is 50.9. The smallest absolute Gasteiger partial charge is 0.315 e. The molecule has 378 valence electrons. The lowest BCUT2D eigenvalue weighted by Crippen LogP contribution is -2.67. The predicted molar refractivity (Wildman–Crippen MR) is 230 cm³/mol. The minimum Gasteiger partial charge on any atom is -0.432 e. The minimum atomic E-state index is -1.79. The normalized spacial score (nSPS) is 53.3. The van der Waals surface area contributed by atoms with Crippen LogP contribution in [-0.4, -0.2) is 180 Å². The largest absolute Gasteiger partial charge is 0.432 e. The standard InChI is InChI=1S/C48H78O18/c1-43(2)14-16-48(42(60)66-40-36(58)34(56)31(53)25(20-50)62-40)17-15-46(6)22(23(48)18-43)8-9-28-45(5)12-11-29(44(3,4)27(45)10-13-47(28,46)7)64-41-37(59)38(32(54)26(21-51)63-41)65-39-35(57)33(55)30(52)24(19-49)61-39/h8,23-41,49-59H,9-21H2,1-7H3/t23-,24-,25-,26-,27+,28-,29+,30+,31-,32-,33+,34+,35-,36-,37-,38+,39+,40+,41+,45+,46-,47-,48+/m1/s1. The van der Waals surface area contributed by atoms with Crippen molar-refractivity contribution in [1.82, 2.24) is 0 Å². The van der Waals surface area contributed by atoms with E-state index in [4.69, 9.17) is 28.4 Å². The van der Waals surface area contributed by atoms with Gasteiger partial charge in [0, 0.05) is 0 Å². The third-order valence-corrected chi connectivity index (χ3v) is 19.3. The van der Waals surface area contributed by atoms with E-state index in [-0.39, 0.29) is 39.4 Å². The molecular weight excluding hydrogens is 865 g/mol. The van der Waals surface area contributed by atoms with Gasteiger partial charge < -0.3 is 84.6 Å². The summed E-state index contributed by atoms with van der Waals surface area (Å²) in [5.41, 5.74) is -0.674. The fourth-order valence-corrected chi connectivity index (χ4v) is 15.0. The van der Waals surface area contributed by atoms with Crippen LogP contribution < -0.4 is 0 Å². The number of aliphatic hydroxyl groups is 11. The van der Waals surface area contributed by atoms with E-state index in [1.807, 2.05) is 0 Å². The first-order chi connectivity index (χ1) is 30.9. The third kappa shape index (κ3) is 7.87. The lowest BCUT2D eigenvalue weighted by molar-refractivity contribution is -0.369. The summed E-state index contributed by atoms with van der Waals surface area (Å²) >= 11 is 0. The van der Waals surface area contributed by atoms with Gasteiger partial charge in [-0.1, -0.05) is 60.1 Å². The SMILES string of the molecule is CC1(C)CC[C@]2(C(=O)O[C@@H]3O[C@H](CO)[C@@H](O)[C@H](O)[C@H]3O)CC[C@]3(C)C(=CC[C@@H]4[C@@]5(C)CC[C@H](O[C@@H]6O[C@H](CO)[C@@H](O)[C@H](O[C@@H]7O[C@H](CO)[C@H](O)[C@H](O)[C@H]7O)[C@H]6O)C(C)(C)[C@@H]5CC[C@]43C)[C@H]2C1. The van der Waals surface area contributed by atoms with Gasteiger partial charge >= 0.3 is 5.97 Å². The quantitative estimate of drug-likeness (QED) is 0.0833. The Morgan fingerprint density at radius 2 is 1.15 bits per heavy atom. The number of esters is 1. The van der Waals surface area contributed by atoms with Crippen LogP contribution in [0, 0.1) is 50.2 Å². The van der Waals surface area contributed by atoms with E-state index < -0.39 is 135 Å². The molecule has 5 aliphatic carbocycles. The first-order valence-electron chi connectivity index (χ1n) is 24.3. The van der Waals surface area contributed by atoms with Crippen LogP contribution >= 0.6 is 0 Å². The summed E-state index contributed by atoms with van der Waals surface area (Å²) < 4.78 is 35.7. The molecule has 11 N–H and O–H groups in total. The maximum atomic E-state index is 14.7. The second-order valence-electron chi connectivity index (χ2n) is 23.5. The van der Waals surface area contributed by atoms with Crippen molar-refractivity contribution in [3.8, 4) is 0 Å². The van der Waals surface area contributed by atoms with Crippen molar-refractivity contribution in [3.05, 3.63) is 11.6 Å². The van der Waals surface area contributed by atoms with Crippen LogP contribution in [-0.2, 0) is 33.2 Å². The van der Waals surface area contributed by atoms with E-state index in [9.17, 15) is 61.0 Å². The minimum absolute atomic E-state index is 0.0581.